The Hall–Kier alpha value is -0.860. The lowest BCUT2D eigenvalue weighted by Crippen LogP contribution is -2.31. The van der Waals surface area contributed by atoms with Crippen LogP contribution in [0, 0.1) is 23.2 Å². The summed E-state index contributed by atoms with van der Waals surface area (Å²) in [4.78, 5) is 23.5. The smallest absolute Gasteiger partial charge is 0.318 e. The maximum Gasteiger partial charge on any atom is 0.318 e. The van der Waals surface area contributed by atoms with E-state index < -0.39 is 11.4 Å². The minimum atomic E-state index is -0.606. The Bertz CT molecular complexity index is 304. The van der Waals surface area contributed by atoms with Crippen molar-refractivity contribution in [3.05, 3.63) is 0 Å². The van der Waals surface area contributed by atoms with Crippen LogP contribution in [0.2, 0.25) is 0 Å². The molecule has 1 aliphatic rings. The van der Waals surface area contributed by atoms with Crippen molar-refractivity contribution < 1.29 is 14.3 Å². The van der Waals surface area contributed by atoms with Gasteiger partial charge in [0.1, 0.15) is 0 Å². The summed E-state index contributed by atoms with van der Waals surface area (Å²) in [6.45, 7) is 9.74. The van der Waals surface area contributed by atoms with Crippen LogP contribution in [-0.4, -0.2) is 11.9 Å². The summed E-state index contributed by atoms with van der Waals surface area (Å²) in [6, 6.07) is 0. The van der Waals surface area contributed by atoms with Crippen molar-refractivity contribution in [2.75, 3.05) is 0 Å². The number of hydrogen-bond acceptors (Lipinski definition) is 3. The molecule has 0 heterocycles. The lowest BCUT2D eigenvalue weighted by Gasteiger charge is -2.29. The fraction of sp³-hybridized carbons (Fsp3) is 0.867. The first-order valence-electron chi connectivity index (χ1n) is 6.98. The fourth-order valence-electron chi connectivity index (χ4n) is 2.35. The number of rotatable bonds is 2. The van der Waals surface area contributed by atoms with Gasteiger partial charge in [-0.1, -0.05) is 13.8 Å². The zero-order valence-electron chi connectivity index (χ0n) is 12.3. The van der Waals surface area contributed by atoms with Gasteiger partial charge in [-0.25, -0.2) is 0 Å². The van der Waals surface area contributed by atoms with Crippen molar-refractivity contribution in [1.29, 1.82) is 0 Å². The molecule has 0 aromatic carbocycles. The predicted octanol–water partition coefficient (Wildman–Crippen LogP) is 3.56. The quantitative estimate of drug-likeness (QED) is 0.559. The first kappa shape index (κ1) is 15.2. The summed E-state index contributed by atoms with van der Waals surface area (Å²) in [7, 11) is 0. The molecule has 104 valence electrons. The standard InChI is InChI=1S/C15H26O3/c1-10(2)11-6-8-12(9-7-11)13(16)18-14(17)15(3,4)5/h10-12H,6-9H2,1-5H3/t11-,12-. The SMILES string of the molecule is CC(C)[C@H]1CC[C@H](C(=O)OC(=O)C(C)(C)C)CC1. The average molecular weight is 254 g/mol. The fourth-order valence-corrected chi connectivity index (χ4v) is 2.35. The van der Waals surface area contributed by atoms with Gasteiger partial charge in [0, 0.05) is 0 Å². The van der Waals surface area contributed by atoms with Gasteiger partial charge >= 0.3 is 11.9 Å². The third-order valence-electron chi connectivity index (χ3n) is 3.85. The van der Waals surface area contributed by atoms with E-state index in [2.05, 4.69) is 13.8 Å². The van der Waals surface area contributed by atoms with Gasteiger partial charge in [-0.15, -0.1) is 0 Å². The molecule has 1 rings (SSSR count). The lowest BCUT2D eigenvalue weighted by molar-refractivity contribution is -0.169. The molecular weight excluding hydrogens is 228 g/mol. The van der Waals surface area contributed by atoms with Gasteiger partial charge in [-0.05, 0) is 58.3 Å². The van der Waals surface area contributed by atoms with Crippen LogP contribution in [0.5, 0.6) is 0 Å². The molecule has 0 spiro atoms. The molecule has 1 saturated carbocycles. The zero-order valence-corrected chi connectivity index (χ0v) is 12.3. The van der Waals surface area contributed by atoms with Gasteiger partial charge in [0.2, 0.25) is 0 Å². The molecule has 3 nitrogen and oxygen atoms in total. The Labute approximate surface area is 110 Å². The van der Waals surface area contributed by atoms with E-state index in [-0.39, 0.29) is 11.9 Å². The van der Waals surface area contributed by atoms with Crippen LogP contribution in [0.1, 0.15) is 60.3 Å². The van der Waals surface area contributed by atoms with Crippen molar-refractivity contribution in [2.45, 2.75) is 60.3 Å². The molecular formula is C15H26O3. The summed E-state index contributed by atoms with van der Waals surface area (Å²) in [5.74, 6) is 0.576. The third kappa shape index (κ3) is 4.11. The van der Waals surface area contributed by atoms with Gasteiger partial charge in [0.15, 0.2) is 0 Å². The third-order valence-corrected chi connectivity index (χ3v) is 3.85. The molecule has 0 N–H and O–H groups in total. The first-order valence-corrected chi connectivity index (χ1v) is 6.98. The molecule has 0 atom stereocenters. The molecule has 0 bridgehead atoms. The Kier molecular flexibility index (Phi) is 4.94. The maximum atomic E-state index is 11.9. The van der Waals surface area contributed by atoms with Crippen molar-refractivity contribution in [3.63, 3.8) is 0 Å². The van der Waals surface area contributed by atoms with Crippen LogP contribution in [-0.2, 0) is 14.3 Å². The van der Waals surface area contributed by atoms with E-state index in [4.69, 9.17) is 4.74 Å². The molecule has 0 saturated heterocycles. The molecule has 0 aliphatic heterocycles. The number of ether oxygens (including phenoxy) is 1. The highest BCUT2D eigenvalue weighted by atomic mass is 16.6. The highest BCUT2D eigenvalue weighted by Crippen LogP contribution is 2.34. The molecule has 1 aliphatic carbocycles. The maximum absolute atomic E-state index is 11.9. The summed E-state index contributed by atoms with van der Waals surface area (Å²) in [5.41, 5.74) is -0.606. The van der Waals surface area contributed by atoms with Crippen molar-refractivity contribution >= 4 is 11.9 Å². The monoisotopic (exact) mass is 254 g/mol. The second-order valence-corrected chi connectivity index (χ2v) is 6.81. The van der Waals surface area contributed by atoms with Crippen LogP contribution in [0.3, 0.4) is 0 Å². The zero-order chi connectivity index (χ0) is 13.9. The minimum Gasteiger partial charge on any atom is -0.393 e. The molecule has 0 amide bonds. The molecule has 3 heteroatoms. The summed E-state index contributed by atoms with van der Waals surface area (Å²) in [5, 5.41) is 0. The van der Waals surface area contributed by atoms with Crippen LogP contribution < -0.4 is 0 Å². The topological polar surface area (TPSA) is 43.4 Å². The van der Waals surface area contributed by atoms with E-state index in [1.165, 1.54) is 0 Å². The highest BCUT2D eigenvalue weighted by molar-refractivity contribution is 5.89. The van der Waals surface area contributed by atoms with E-state index >= 15 is 0 Å². The van der Waals surface area contributed by atoms with E-state index in [0.717, 1.165) is 25.7 Å². The largest absolute Gasteiger partial charge is 0.393 e. The normalized spacial score (nSPS) is 25.0. The molecule has 0 radical (unpaired) electrons. The van der Waals surface area contributed by atoms with E-state index in [9.17, 15) is 9.59 Å². The molecule has 0 aromatic rings. The van der Waals surface area contributed by atoms with Crippen LogP contribution in [0.4, 0.5) is 0 Å². The van der Waals surface area contributed by atoms with Crippen LogP contribution in [0.15, 0.2) is 0 Å². The van der Waals surface area contributed by atoms with Crippen molar-refractivity contribution in [3.8, 4) is 0 Å². The lowest BCUT2D eigenvalue weighted by atomic mass is 9.77. The minimum absolute atomic E-state index is 0.0775. The second kappa shape index (κ2) is 5.85. The first-order chi connectivity index (χ1) is 8.21. The van der Waals surface area contributed by atoms with Gasteiger partial charge in [-0.3, -0.25) is 9.59 Å². The van der Waals surface area contributed by atoms with Crippen LogP contribution >= 0.6 is 0 Å². The molecule has 0 aromatic heterocycles. The Morgan fingerprint density at radius 3 is 1.94 bits per heavy atom. The molecule has 0 unspecified atom stereocenters. The van der Waals surface area contributed by atoms with Crippen molar-refractivity contribution in [1.82, 2.24) is 0 Å². The average Bonchev–Trinajstić information content (AvgIpc) is 2.27. The van der Waals surface area contributed by atoms with Gasteiger partial charge in [-0.2, -0.15) is 0 Å². The highest BCUT2D eigenvalue weighted by Gasteiger charge is 2.32. The van der Waals surface area contributed by atoms with E-state index in [1.54, 1.807) is 20.8 Å². The summed E-state index contributed by atoms with van der Waals surface area (Å²) < 4.78 is 4.97. The predicted molar refractivity (Wildman–Crippen MR) is 70.8 cm³/mol. The van der Waals surface area contributed by atoms with Crippen LogP contribution in [0.25, 0.3) is 0 Å². The van der Waals surface area contributed by atoms with Gasteiger partial charge < -0.3 is 4.74 Å². The number of carbonyl (C=O) groups excluding carboxylic acids is 2. The molecule has 1 fully saturated rings. The second-order valence-electron chi connectivity index (χ2n) is 6.81. The summed E-state index contributed by atoms with van der Waals surface area (Å²) in [6.07, 6.45) is 3.86. The van der Waals surface area contributed by atoms with Crippen molar-refractivity contribution in [2.24, 2.45) is 23.2 Å². The van der Waals surface area contributed by atoms with E-state index in [0.29, 0.717) is 11.8 Å². The Balaban J connectivity index is 2.44. The Morgan fingerprint density at radius 2 is 1.56 bits per heavy atom. The number of hydrogen-bond donors (Lipinski definition) is 0. The number of carbonyl (C=O) groups is 2. The molecule has 18 heavy (non-hydrogen) atoms. The van der Waals surface area contributed by atoms with Gasteiger partial charge in [0.25, 0.3) is 0 Å². The Morgan fingerprint density at radius 1 is 1.06 bits per heavy atom. The van der Waals surface area contributed by atoms with E-state index in [1.807, 2.05) is 0 Å². The van der Waals surface area contributed by atoms with Gasteiger partial charge in [0.05, 0.1) is 11.3 Å². The number of esters is 2. The summed E-state index contributed by atoms with van der Waals surface area (Å²) >= 11 is 0.